The topological polar surface area (TPSA) is 101 Å². The second kappa shape index (κ2) is 15.3. The Morgan fingerprint density at radius 3 is 2.43 bits per heavy atom. The van der Waals surface area contributed by atoms with Crippen LogP contribution in [0.3, 0.4) is 0 Å². The van der Waals surface area contributed by atoms with Crippen molar-refractivity contribution in [2.75, 3.05) is 19.4 Å². The molecule has 0 bridgehead atoms. The standard InChI is InChI=1S/C28H28Cl2F2N2O6S2/c1-41-20-7-4-17(5-8-20)14-34(42(36)37)15-27(35)39-25(11-21-22(29)12-33-13-23(21)30)19-6-9-24(40-28(31)32)26(10-19)38-16-18-2-3-18/h4-10,12-13,18,25,28H,2-3,11,14-16H2,1H3,(H,36,37)/p-1. The van der Waals surface area contributed by atoms with Crippen molar-refractivity contribution in [2.24, 2.45) is 5.92 Å². The molecule has 42 heavy (non-hydrogen) atoms. The Labute approximate surface area is 259 Å². The van der Waals surface area contributed by atoms with Crippen molar-refractivity contribution in [3.63, 3.8) is 0 Å². The fourth-order valence-corrected chi connectivity index (χ4v) is 5.40. The summed E-state index contributed by atoms with van der Waals surface area (Å²) < 4.78 is 67.2. The molecule has 0 aliphatic heterocycles. The minimum atomic E-state index is -3.07. The molecule has 0 N–H and O–H groups in total. The maximum absolute atomic E-state index is 13.1. The molecule has 1 aromatic heterocycles. The number of hydrogen-bond acceptors (Lipinski definition) is 8. The Morgan fingerprint density at radius 2 is 1.83 bits per heavy atom. The van der Waals surface area contributed by atoms with Crippen molar-refractivity contribution in [2.45, 2.75) is 43.4 Å². The van der Waals surface area contributed by atoms with E-state index in [1.807, 2.05) is 18.4 Å². The maximum atomic E-state index is 13.1. The quantitative estimate of drug-likeness (QED) is 0.102. The van der Waals surface area contributed by atoms with E-state index < -0.39 is 36.5 Å². The Balaban J connectivity index is 1.59. The third kappa shape index (κ3) is 9.51. The van der Waals surface area contributed by atoms with Gasteiger partial charge in [0.15, 0.2) is 11.5 Å². The summed E-state index contributed by atoms with van der Waals surface area (Å²) in [6, 6.07) is 11.5. The first-order valence-electron chi connectivity index (χ1n) is 12.8. The fraction of sp³-hybridized carbons (Fsp3) is 0.357. The van der Waals surface area contributed by atoms with E-state index in [1.54, 1.807) is 23.9 Å². The average molecular weight is 661 g/mol. The first kappa shape index (κ1) is 32.4. The molecule has 1 aliphatic rings. The lowest BCUT2D eigenvalue weighted by atomic mass is 10.0. The summed E-state index contributed by atoms with van der Waals surface area (Å²) in [5.74, 6) is -0.630. The summed E-state index contributed by atoms with van der Waals surface area (Å²) in [6.45, 7) is -3.38. The number of hydrogen-bond donors (Lipinski definition) is 0. The minimum absolute atomic E-state index is 0.0142. The summed E-state index contributed by atoms with van der Waals surface area (Å²) >= 11 is 11.5. The van der Waals surface area contributed by atoms with Crippen molar-refractivity contribution in [3.05, 3.63) is 81.6 Å². The van der Waals surface area contributed by atoms with Crippen LogP contribution in [0.5, 0.6) is 11.5 Å². The molecule has 0 saturated heterocycles. The van der Waals surface area contributed by atoms with E-state index in [0.717, 1.165) is 22.0 Å². The largest absolute Gasteiger partial charge is 0.760 e. The number of carbonyl (C=O) groups excluding carboxylic acids is 1. The molecule has 2 unspecified atom stereocenters. The third-order valence-corrected chi connectivity index (χ3v) is 8.45. The third-order valence-electron chi connectivity index (χ3n) is 6.38. The van der Waals surface area contributed by atoms with Gasteiger partial charge in [-0.15, -0.1) is 11.8 Å². The van der Waals surface area contributed by atoms with Crippen LogP contribution in [0.1, 0.15) is 35.6 Å². The number of rotatable bonds is 15. The molecule has 1 aliphatic carbocycles. The Hall–Kier alpha value is -2.48. The predicted molar refractivity (Wildman–Crippen MR) is 156 cm³/mol. The summed E-state index contributed by atoms with van der Waals surface area (Å²) in [6.07, 6.45) is 5.59. The monoisotopic (exact) mass is 659 g/mol. The molecule has 1 fully saturated rings. The number of nitrogens with zero attached hydrogens (tertiary/aromatic N) is 2. The van der Waals surface area contributed by atoms with Crippen molar-refractivity contribution in [1.82, 2.24) is 9.29 Å². The number of aromatic nitrogens is 1. The number of thioether (sulfide) groups is 1. The number of halogens is 4. The Bertz CT molecular complexity index is 1380. The minimum Gasteiger partial charge on any atom is -0.760 e. The number of pyridine rings is 1. The van der Waals surface area contributed by atoms with Crippen LogP contribution >= 0.6 is 35.0 Å². The summed E-state index contributed by atoms with van der Waals surface area (Å²) in [5, 5.41) is 0.449. The molecular weight excluding hydrogens is 633 g/mol. The van der Waals surface area contributed by atoms with Crippen molar-refractivity contribution >= 4 is 52.2 Å². The van der Waals surface area contributed by atoms with E-state index in [2.05, 4.69) is 9.72 Å². The van der Waals surface area contributed by atoms with Crippen molar-refractivity contribution < 1.29 is 36.5 Å². The van der Waals surface area contributed by atoms with Crippen LogP contribution < -0.4 is 9.47 Å². The molecule has 4 rings (SSSR count). The molecular formula is C28H27Cl2F2N2O6S2-. The van der Waals surface area contributed by atoms with Gasteiger partial charge in [0.2, 0.25) is 0 Å². The van der Waals surface area contributed by atoms with Crippen LogP contribution in [-0.2, 0) is 33.8 Å². The number of alkyl halides is 2. The zero-order chi connectivity index (χ0) is 30.2. The molecule has 8 nitrogen and oxygen atoms in total. The maximum Gasteiger partial charge on any atom is 0.387 e. The van der Waals surface area contributed by atoms with Gasteiger partial charge in [-0.25, -0.2) is 4.31 Å². The highest BCUT2D eigenvalue weighted by Crippen LogP contribution is 2.38. The number of carbonyl (C=O) groups is 1. The number of ether oxygens (including phenoxy) is 3. The van der Waals surface area contributed by atoms with E-state index in [9.17, 15) is 22.3 Å². The van der Waals surface area contributed by atoms with Crippen LogP contribution in [0.2, 0.25) is 10.0 Å². The molecule has 14 heteroatoms. The first-order valence-corrected chi connectivity index (χ1v) is 15.8. The molecule has 0 amide bonds. The summed E-state index contributed by atoms with van der Waals surface area (Å²) in [4.78, 5) is 18.1. The van der Waals surface area contributed by atoms with E-state index >= 15 is 0 Å². The van der Waals surface area contributed by atoms with Gasteiger partial charge in [-0.2, -0.15) is 8.78 Å². The SMILES string of the molecule is CSc1ccc(CN(CC(=O)OC(Cc2c(Cl)cncc2Cl)c2ccc(OC(F)F)c(OCC3CC3)c2)S(=O)[O-])cc1. The van der Waals surface area contributed by atoms with Gasteiger partial charge >= 0.3 is 12.6 Å². The van der Waals surface area contributed by atoms with Gasteiger partial charge in [-0.05, 0) is 66.0 Å². The Kier molecular flexibility index (Phi) is 11.8. The second-order valence-corrected chi connectivity index (χ2v) is 12.1. The zero-order valence-corrected chi connectivity index (χ0v) is 25.5. The van der Waals surface area contributed by atoms with Gasteiger partial charge in [0.05, 0.1) is 16.7 Å². The lowest BCUT2D eigenvalue weighted by molar-refractivity contribution is -0.149. The molecule has 3 aromatic rings. The van der Waals surface area contributed by atoms with Crippen LogP contribution in [0.4, 0.5) is 8.78 Å². The number of benzene rings is 2. The van der Waals surface area contributed by atoms with Crippen molar-refractivity contribution in [1.29, 1.82) is 0 Å². The predicted octanol–water partition coefficient (Wildman–Crippen LogP) is 6.62. The van der Waals surface area contributed by atoms with Crippen molar-refractivity contribution in [3.8, 4) is 11.5 Å². The molecule has 1 heterocycles. The Morgan fingerprint density at radius 1 is 1.14 bits per heavy atom. The molecule has 226 valence electrons. The molecule has 1 saturated carbocycles. The van der Waals surface area contributed by atoms with Gasteiger partial charge in [-0.3, -0.25) is 14.0 Å². The molecule has 2 aromatic carbocycles. The van der Waals surface area contributed by atoms with E-state index in [4.69, 9.17) is 32.7 Å². The van der Waals surface area contributed by atoms with E-state index in [-0.39, 0.29) is 34.5 Å². The lowest BCUT2D eigenvalue weighted by Gasteiger charge is -2.26. The second-order valence-electron chi connectivity index (χ2n) is 9.47. The molecule has 0 radical (unpaired) electrons. The summed E-state index contributed by atoms with van der Waals surface area (Å²) in [5.41, 5.74) is 1.49. The first-order chi connectivity index (χ1) is 20.1. The summed E-state index contributed by atoms with van der Waals surface area (Å²) in [7, 11) is 0. The van der Waals surface area contributed by atoms with E-state index in [1.165, 1.54) is 30.6 Å². The molecule has 2 atom stereocenters. The average Bonchev–Trinajstić information content (AvgIpc) is 3.78. The van der Waals surface area contributed by atoms with Crippen LogP contribution in [0.25, 0.3) is 0 Å². The number of esters is 1. The zero-order valence-electron chi connectivity index (χ0n) is 22.3. The van der Waals surface area contributed by atoms with Gasteiger partial charge < -0.3 is 18.8 Å². The van der Waals surface area contributed by atoms with E-state index in [0.29, 0.717) is 29.2 Å². The highest BCUT2D eigenvalue weighted by molar-refractivity contribution is 7.98. The van der Waals surface area contributed by atoms with Gasteiger partial charge in [0, 0.05) is 41.5 Å². The lowest BCUT2D eigenvalue weighted by Crippen LogP contribution is -2.33. The smallest absolute Gasteiger partial charge is 0.387 e. The van der Waals surface area contributed by atoms with Gasteiger partial charge in [-0.1, -0.05) is 41.4 Å². The highest BCUT2D eigenvalue weighted by Gasteiger charge is 2.26. The highest BCUT2D eigenvalue weighted by atomic mass is 35.5. The van der Waals surface area contributed by atoms with Crippen LogP contribution in [-0.4, -0.2) is 50.0 Å². The fourth-order valence-electron chi connectivity index (χ4n) is 4.01. The van der Waals surface area contributed by atoms with Gasteiger partial charge in [0.1, 0.15) is 12.6 Å². The van der Waals surface area contributed by atoms with Gasteiger partial charge in [0.25, 0.3) is 0 Å². The van der Waals surface area contributed by atoms with Crippen LogP contribution in [0, 0.1) is 5.92 Å². The van der Waals surface area contributed by atoms with Crippen LogP contribution in [0.15, 0.2) is 59.8 Å². The normalized spacial score (nSPS) is 14.6. The molecule has 0 spiro atoms.